The summed E-state index contributed by atoms with van der Waals surface area (Å²) < 4.78 is 4.85. The Morgan fingerprint density at radius 1 is 1.62 bits per heavy atom. The lowest BCUT2D eigenvalue weighted by atomic mass is 9.92. The molecule has 0 aromatic rings. The van der Waals surface area contributed by atoms with Gasteiger partial charge in [0.1, 0.15) is 11.9 Å². The van der Waals surface area contributed by atoms with E-state index in [1.165, 1.54) is 0 Å². The van der Waals surface area contributed by atoms with E-state index < -0.39 is 11.7 Å². The van der Waals surface area contributed by atoms with E-state index in [0.717, 1.165) is 12.7 Å². The van der Waals surface area contributed by atoms with Crippen molar-refractivity contribution in [3.63, 3.8) is 0 Å². The fraction of sp³-hybridized carbons (Fsp3) is 0.778. The summed E-state index contributed by atoms with van der Waals surface area (Å²) >= 11 is 0. The van der Waals surface area contributed by atoms with E-state index in [1.807, 2.05) is 6.92 Å². The summed E-state index contributed by atoms with van der Waals surface area (Å²) in [5, 5.41) is 0. The Bertz CT molecular complexity index is 189. The molecule has 0 aliphatic carbocycles. The zero-order valence-electron chi connectivity index (χ0n) is 8.37. The Labute approximate surface area is 78.4 Å². The molecule has 1 unspecified atom stereocenters. The molecule has 0 bridgehead atoms. The van der Waals surface area contributed by atoms with Gasteiger partial charge in [-0.3, -0.25) is 0 Å². The lowest BCUT2D eigenvalue weighted by molar-refractivity contribution is -0.113. The van der Waals surface area contributed by atoms with Crippen LogP contribution < -0.4 is 5.73 Å². The minimum absolute atomic E-state index is 0.0747. The molecular weight excluding hydrogens is 170 g/mol. The molecule has 0 spiro atoms. The second-order valence-corrected chi connectivity index (χ2v) is 3.69. The molecule has 0 heterocycles. The number of ether oxygens (including phenoxy) is 1. The average molecular weight is 187 g/mol. The standard InChI is InChI=1S/C9H17NO3/c1-4-7(6-11)5-9(2,3)13-8(10)12/h6-7H,4-5H2,1-3H3,(H2,10,12). The maximum atomic E-state index is 10.5. The van der Waals surface area contributed by atoms with Crippen molar-refractivity contribution in [2.24, 2.45) is 11.7 Å². The number of carbonyl (C=O) groups excluding carboxylic acids is 2. The molecule has 0 aliphatic rings. The summed E-state index contributed by atoms with van der Waals surface area (Å²) in [6.45, 7) is 5.40. The maximum Gasteiger partial charge on any atom is 0.405 e. The number of hydrogen-bond acceptors (Lipinski definition) is 3. The molecule has 0 fully saturated rings. The van der Waals surface area contributed by atoms with Gasteiger partial charge in [-0.2, -0.15) is 0 Å². The number of hydrogen-bond donors (Lipinski definition) is 1. The molecule has 0 saturated carbocycles. The SMILES string of the molecule is CCC(C=O)CC(C)(C)OC(N)=O. The van der Waals surface area contributed by atoms with Crippen LogP contribution in [0.2, 0.25) is 0 Å². The third kappa shape index (κ3) is 5.22. The van der Waals surface area contributed by atoms with Gasteiger partial charge in [0, 0.05) is 5.92 Å². The largest absolute Gasteiger partial charge is 0.444 e. The molecule has 1 atom stereocenters. The van der Waals surface area contributed by atoms with Crippen LogP contribution in [0, 0.1) is 5.92 Å². The van der Waals surface area contributed by atoms with Gasteiger partial charge in [0.2, 0.25) is 0 Å². The summed E-state index contributed by atoms with van der Waals surface area (Å²) in [5.41, 5.74) is 4.23. The van der Waals surface area contributed by atoms with Gasteiger partial charge in [-0.15, -0.1) is 0 Å². The summed E-state index contributed by atoms with van der Waals surface area (Å²) in [6.07, 6.45) is 1.34. The molecular formula is C9H17NO3. The molecule has 1 amide bonds. The fourth-order valence-corrected chi connectivity index (χ4v) is 1.23. The van der Waals surface area contributed by atoms with Crippen molar-refractivity contribution >= 4 is 12.4 Å². The Hall–Kier alpha value is -1.06. The van der Waals surface area contributed by atoms with Crippen LogP contribution in [-0.4, -0.2) is 18.0 Å². The highest BCUT2D eigenvalue weighted by Gasteiger charge is 2.25. The van der Waals surface area contributed by atoms with Crippen LogP contribution in [0.25, 0.3) is 0 Å². The lowest BCUT2D eigenvalue weighted by Gasteiger charge is -2.26. The number of nitrogens with two attached hydrogens (primary N) is 1. The predicted molar refractivity (Wildman–Crippen MR) is 49.2 cm³/mol. The summed E-state index contributed by atoms with van der Waals surface area (Å²) in [4.78, 5) is 21.0. The Balaban J connectivity index is 4.13. The van der Waals surface area contributed by atoms with Crippen molar-refractivity contribution in [1.29, 1.82) is 0 Å². The minimum atomic E-state index is -0.800. The smallest absolute Gasteiger partial charge is 0.405 e. The molecule has 0 aromatic heterocycles. The topological polar surface area (TPSA) is 69.4 Å². The van der Waals surface area contributed by atoms with Crippen LogP contribution in [0.4, 0.5) is 4.79 Å². The monoisotopic (exact) mass is 187 g/mol. The van der Waals surface area contributed by atoms with E-state index in [2.05, 4.69) is 0 Å². The van der Waals surface area contributed by atoms with Gasteiger partial charge in [0.05, 0.1) is 0 Å². The Kier molecular flexibility index (Phi) is 4.45. The number of primary amides is 1. The first-order chi connectivity index (χ1) is 5.91. The molecule has 0 rings (SSSR count). The summed E-state index contributed by atoms with van der Waals surface area (Å²) in [7, 11) is 0. The third-order valence-electron chi connectivity index (χ3n) is 1.85. The molecule has 0 aliphatic heterocycles. The first kappa shape index (κ1) is 11.9. The second-order valence-electron chi connectivity index (χ2n) is 3.69. The van der Waals surface area contributed by atoms with Crippen LogP contribution in [0.1, 0.15) is 33.6 Å². The van der Waals surface area contributed by atoms with Gasteiger partial charge in [-0.1, -0.05) is 6.92 Å². The third-order valence-corrected chi connectivity index (χ3v) is 1.85. The van der Waals surface area contributed by atoms with Gasteiger partial charge in [-0.25, -0.2) is 4.79 Å². The van der Waals surface area contributed by atoms with Crippen molar-refractivity contribution in [1.82, 2.24) is 0 Å². The predicted octanol–water partition coefficient (Wildman–Crippen LogP) is 1.48. The lowest BCUT2D eigenvalue weighted by Crippen LogP contribution is -2.33. The van der Waals surface area contributed by atoms with Gasteiger partial charge >= 0.3 is 6.09 Å². The van der Waals surface area contributed by atoms with Crippen molar-refractivity contribution in [3.8, 4) is 0 Å². The maximum absolute atomic E-state index is 10.5. The molecule has 2 N–H and O–H groups in total. The normalized spacial score (nSPS) is 13.5. The molecule has 13 heavy (non-hydrogen) atoms. The van der Waals surface area contributed by atoms with Gasteiger partial charge < -0.3 is 15.3 Å². The highest BCUT2D eigenvalue weighted by molar-refractivity contribution is 5.65. The molecule has 0 aromatic carbocycles. The summed E-state index contributed by atoms with van der Waals surface area (Å²) in [5.74, 6) is -0.0747. The number of amides is 1. The van der Waals surface area contributed by atoms with Crippen LogP contribution >= 0.6 is 0 Å². The molecule has 76 valence electrons. The molecule has 4 heteroatoms. The van der Waals surface area contributed by atoms with Gasteiger partial charge in [0.25, 0.3) is 0 Å². The number of aldehydes is 1. The van der Waals surface area contributed by atoms with E-state index in [4.69, 9.17) is 10.5 Å². The Morgan fingerprint density at radius 2 is 2.15 bits per heavy atom. The molecule has 0 radical (unpaired) electrons. The van der Waals surface area contributed by atoms with E-state index in [1.54, 1.807) is 13.8 Å². The number of carbonyl (C=O) groups is 2. The van der Waals surface area contributed by atoms with Crippen molar-refractivity contribution < 1.29 is 14.3 Å². The van der Waals surface area contributed by atoms with E-state index in [-0.39, 0.29) is 5.92 Å². The highest BCUT2D eigenvalue weighted by Crippen LogP contribution is 2.21. The fourth-order valence-electron chi connectivity index (χ4n) is 1.23. The number of rotatable bonds is 5. The minimum Gasteiger partial charge on any atom is -0.444 e. The summed E-state index contributed by atoms with van der Waals surface area (Å²) in [6, 6.07) is 0. The van der Waals surface area contributed by atoms with Gasteiger partial charge in [0.15, 0.2) is 0 Å². The van der Waals surface area contributed by atoms with E-state index >= 15 is 0 Å². The molecule has 4 nitrogen and oxygen atoms in total. The Morgan fingerprint density at radius 3 is 2.46 bits per heavy atom. The van der Waals surface area contributed by atoms with Crippen molar-refractivity contribution in [2.45, 2.75) is 39.2 Å². The van der Waals surface area contributed by atoms with Crippen LogP contribution in [0.15, 0.2) is 0 Å². The zero-order chi connectivity index (χ0) is 10.5. The quantitative estimate of drug-likeness (QED) is 0.662. The van der Waals surface area contributed by atoms with Crippen LogP contribution in [0.5, 0.6) is 0 Å². The highest BCUT2D eigenvalue weighted by atomic mass is 16.6. The van der Waals surface area contributed by atoms with E-state index in [0.29, 0.717) is 6.42 Å². The van der Waals surface area contributed by atoms with Crippen molar-refractivity contribution in [2.75, 3.05) is 0 Å². The van der Waals surface area contributed by atoms with Gasteiger partial charge in [-0.05, 0) is 26.7 Å². The molecule has 0 saturated heterocycles. The second kappa shape index (κ2) is 4.84. The first-order valence-corrected chi connectivity index (χ1v) is 4.35. The average Bonchev–Trinajstić information content (AvgIpc) is 1.97. The van der Waals surface area contributed by atoms with E-state index in [9.17, 15) is 9.59 Å². The van der Waals surface area contributed by atoms with Crippen LogP contribution in [0.3, 0.4) is 0 Å². The van der Waals surface area contributed by atoms with Crippen molar-refractivity contribution in [3.05, 3.63) is 0 Å². The van der Waals surface area contributed by atoms with Crippen LogP contribution in [-0.2, 0) is 9.53 Å². The zero-order valence-corrected chi connectivity index (χ0v) is 8.37. The first-order valence-electron chi connectivity index (χ1n) is 4.35.